The largest absolute Gasteiger partial charge is 0.385 e. The Kier molecular flexibility index (Phi) is 3.60. The van der Waals surface area contributed by atoms with Crippen molar-refractivity contribution < 1.29 is 9.18 Å². The molecule has 0 saturated carbocycles. The molecule has 1 amide bonds. The van der Waals surface area contributed by atoms with Crippen LogP contribution in [0.25, 0.3) is 0 Å². The number of hydrogen-bond acceptors (Lipinski definition) is 2. The van der Waals surface area contributed by atoms with E-state index < -0.39 is 0 Å². The average molecular weight is 284 g/mol. The molecule has 0 bridgehead atoms. The first-order chi connectivity index (χ1) is 10.2. The van der Waals surface area contributed by atoms with Gasteiger partial charge in [0, 0.05) is 25.0 Å². The third kappa shape index (κ3) is 2.61. The number of nitrogens with zero attached hydrogens (tertiary/aromatic N) is 1. The number of amides is 1. The van der Waals surface area contributed by atoms with Gasteiger partial charge in [-0.1, -0.05) is 18.2 Å². The zero-order valence-electron chi connectivity index (χ0n) is 11.8. The first-order valence-electron chi connectivity index (χ1n) is 7.03. The normalized spacial score (nSPS) is 16.8. The molecule has 2 aromatic rings. The summed E-state index contributed by atoms with van der Waals surface area (Å²) in [5.74, 6) is -0.417. The number of para-hydroxylation sites is 1. The van der Waals surface area contributed by atoms with E-state index in [4.69, 9.17) is 0 Å². The number of hydrogen-bond donors (Lipinski definition) is 1. The van der Waals surface area contributed by atoms with Crippen molar-refractivity contribution in [1.82, 2.24) is 0 Å². The number of fused-ring (bicyclic) bond motifs is 1. The molecule has 0 aromatic heterocycles. The molecule has 2 aromatic carbocycles. The summed E-state index contributed by atoms with van der Waals surface area (Å²) in [6, 6.07) is 13.9. The summed E-state index contributed by atoms with van der Waals surface area (Å²) in [5, 5.41) is 3.31. The molecule has 21 heavy (non-hydrogen) atoms. The Hall–Kier alpha value is -2.36. The molecule has 0 spiro atoms. The van der Waals surface area contributed by atoms with Gasteiger partial charge < -0.3 is 10.2 Å². The van der Waals surface area contributed by atoms with E-state index in [1.54, 1.807) is 24.1 Å². The van der Waals surface area contributed by atoms with Crippen LogP contribution in [0, 0.1) is 5.82 Å². The van der Waals surface area contributed by atoms with Gasteiger partial charge in [-0.3, -0.25) is 4.79 Å². The van der Waals surface area contributed by atoms with Crippen LogP contribution in [0.1, 0.15) is 17.9 Å². The number of benzene rings is 2. The van der Waals surface area contributed by atoms with E-state index in [1.165, 1.54) is 12.1 Å². The van der Waals surface area contributed by atoms with E-state index in [9.17, 15) is 9.18 Å². The summed E-state index contributed by atoms with van der Waals surface area (Å²) in [6.45, 7) is 0.782. The van der Waals surface area contributed by atoms with Crippen LogP contribution in [-0.4, -0.2) is 19.5 Å². The molecule has 1 N–H and O–H groups in total. The molecule has 4 heteroatoms. The molecular weight excluding hydrogens is 267 g/mol. The maximum Gasteiger partial charge on any atom is 0.234 e. The first kappa shape index (κ1) is 13.6. The van der Waals surface area contributed by atoms with E-state index in [1.807, 2.05) is 24.3 Å². The first-order valence-corrected chi connectivity index (χ1v) is 7.03. The van der Waals surface area contributed by atoms with Crippen molar-refractivity contribution in [2.24, 2.45) is 0 Å². The van der Waals surface area contributed by atoms with Crippen LogP contribution in [0.2, 0.25) is 0 Å². The highest BCUT2D eigenvalue weighted by molar-refractivity contribution is 5.98. The van der Waals surface area contributed by atoms with Crippen molar-refractivity contribution >= 4 is 17.3 Å². The van der Waals surface area contributed by atoms with Crippen LogP contribution in [-0.2, 0) is 4.79 Å². The van der Waals surface area contributed by atoms with Crippen LogP contribution < -0.4 is 10.2 Å². The number of carbonyl (C=O) groups excluding carboxylic acids is 1. The lowest BCUT2D eigenvalue weighted by Gasteiger charge is -2.29. The molecule has 1 aliphatic heterocycles. The van der Waals surface area contributed by atoms with Crippen molar-refractivity contribution in [2.75, 3.05) is 23.8 Å². The van der Waals surface area contributed by atoms with Crippen LogP contribution in [0.15, 0.2) is 48.5 Å². The fourth-order valence-electron chi connectivity index (χ4n) is 2.75. The summed E-state index contributed by atoms with van der Waals surface area (Å²) in [4.78, 5) is 14.4. The molecular formula is C17H17FN2O. The van der Waals surface area contributed by atoms with Gasteiger partial charge >= 0.3 is 0 Å². The Balaban J connectivity index is 1.87. The number of nitrogens with one attached hydrogen (secondary N) is 1. The summed E-state index contributed by atoms with van der Waals surface area (Å²) in [5.41, 5.74) is 2.76. The van der Waals surface area contributed by atoms with E-state index in [0.717, 1.165) is 24.2 Å². The SMILES string of the molecule is CN(C(=O)C1CCNc2ccccc21)c1ccc(F)cc1. The minimum atomic E-state index is -0.299. The molecule has 0 aliphatic carbocycles. The monoisotopic (exact) mass is 284 g/mol. The van der Waals surface area contributed by atoms with Crippen molar-refractivity contribution in [3.8, 4) is 0 Å². The molecule has 3 nitrogen and oxygen atoms in total. The highest BCUT2D eigenvalue weighted by Gasteiger charge is 2.28. The van der Waals surface area contributed by atoms with Gasteiger partial charge in [0.1, 0.15) is 5.82 Å². The second kappa shape index (κ2) is 5.56. The second-order valence-electron chi connectivity index (χ2n) is 5.23. The maximum atomic E-state index is 13.0. The second-order valence-corrected chi connectivity index (χ2v) is 5.23. The van der Waals surface area contributed by atoms with E-state index >= 15 is 0 Å². The van der Waals surface area contributed by atoms with Crippen LogP contribution >= 0.6 is 0 Å². The zero-order chi connectivity index (χ0) is 14.8. The Morgan fingerprint density at radius 2 is 1.90 bits per heavy atom. The fraction of sp³-hybridized carbons (Fsp3) is 0.235. The standard InChI is InChI=1S/C17H17FN2O/c1-20(13-8-6-12(18)7-9-13)17(21)15-10-11-19-16-5-3-2-4-14(15)16/h2-9,15,19H,10-11H2,1H3. The maximum absolute atomic E-state index is 13.0. The predicted octanol–water partition coefficient (Wildman–Crippen LogP) is 3.39. The quantitative estimate of drug-likeness (QED) is 0.917. The summed E-state index contributed by atoms with van der Waals surface area (Å²) in [6.07, 6.45) is 0.765. The number of rotatable bonds is 2. The lowest BCUT2D eigenvalue weighted by Crippen LogP contribution is -2.34. The lowest BCUT2D eigenvalue weighted by molar-refractivity contribution is -0.119. The molecule has 0 radical (unpaired) electrons. The third-order valence-electron chi connectivity index (χ3n) is 3.93. The fourth-order valence-corrected chi connectivity index (χ4v) is 2.75. The zero-order valence-corrected chi connectivity index (χ0v) is 11.8. The van der Waals surface area contributed by atoms with Crippen molar-refractivity contribution in [3.05, 3.63) is 59.9 Å². The molecule has 0 fully saturated rings. The van der Waals surface area contributed by atoms with E-state index in [0.29, 0.717) is 5.69 Å². The molecule has 0 saturated heterocycles. The predicted molar refractivity (Wildman–Crippen MR) is 82.1 cm³/mol. The molecule has 1 heterocycles. The minimum Gasteiger partial charge on any atom is -0.385 e. The molecule has 108 valence electrons. The number of halogens is 1. The van der Waals surface area contributed by atoms with Crippen LogP contribution in [0.3, 0.4) is 0 Å². The highest BCUT2D eigenvalue weighted by atomic mass is 19.1. The summed E-state index contributed by atoms with van der Waals surface area (Å²) in [7, 11) is 1.74. The van der Waals surface area contributed by atoms with Crippen molar-refractivity contribution in [3.63, 3.8) is 0 Å². The Morgan fingerprint density at radius 3 is 2.67 bits per heavy atom. The van der Waals surface area contributed by atoms with Gasteiger partial charge in [0.2, 0.25) is 5.91 Å². The highest BCUT2D eigenvalue weighted by Crippen LogP contribution is 2.33. The van der Waals surface area contributed by atoms with Gasteiger partial charge in [-0.05, 0) is 42.3 Å². The van der Waals surface area contributed by atoms with Gasteiger partial charge in [0.15, 0.2) is 0 Å². The van der Waals surface area contributed by atoms with Gasteiger partial charge in [-0.2, -0.15) is 0 Å². The minimum absolute atomic E-state index is 0.0376. The summed E-state index contributed by atoms with van der Waals surface area (Å²) >= 11 is 0. The lowest BCUT2D eigenvalue weighted by atomic mass is 9.90. The van der Waals surface area contributed by atoms with Crippen LogP contribution in [0.5, 0.6) is 0 Å². The Morgan fingerprint density at radius 1 is 1.19 bits per heavy atom. The molecule has 1 aliphatic rings. The van der Waals surface area contributed by atoms with Gasteiger partial charge in [0.25, 0.3) is 0 Å². The number of likely N-dealkylation sites (N-methyl/N-ethyl adjacent to an activating group) is 1. The topological polar surface area (TPSA) is 32.3 Å². The summed E-state index contributed by atoms with van der Waals surface area (Å²) < 4.78 is 13.0. The van der Waals surface area contributed by atoms with Crippen LogP contribution in [0.4, 0.5) is 15.8 Å². The smallest absolute Gasteiger partial charge is 0.234 e. The molecule has 1 unspecified atom stereocenters. The van der Waals surface area contributed by atoms with Gasteiger partial charge in [-0.25, -0.2) is 4.39 Å². The molecule has 3 rings (SSSR count). The van der Waals surface area contributed by atoms with E-state index in [2.05, 4.69) is 5.32 Å². The van der Waals surface area contributed by atoms with Crippen molar-refractivity contribution in [1.29, 1.82) is 0 Å². The number of anilines is 2. The Labute approximate surface area is 123 Å². The van der Waals surface area contributed by atoms with E-state index in [-0.39, 0.29) is 17.6 Å². The van der Waals surface area contributed by atoms with Gasteiger partial charge in [0.05, 0.1) is 5.92 Å². The van der Waals surface area contributed by atoms with Crippen molar-refractivity contribution in [2.45, 2.75) is 12.3 Å². The van der Waals surface area contributed by atoms with Gasteiger partial charge in [-0.15, -0.1) is 0 Å². The average Bonchev–Trinajstić information content (AvgIpc) is 2.53. The third-order valence-corrected chi connectivity index (χ3v) is 3.93. The Bertz CT molecular complexity index is 654. The number of carbonyl (C=O) groups is 1. The molecule has 1 atom stereocenters.